The van der Waals surface area contributed by atoms with Gasteiger partial charge >= 0.3 is 0 Å². The van der Waals surface area contributed by atoms with E-state index in [9.17, 15) is 4.79 Å². The molecule has 32 heavy (non-hydrogen) atoms. The van der Waals surface area contributed by atoms with Gasteiger partial charge in [0, 0.05) is 23.7 Å². The predicted octanol–water partition coefficient (Wildman–Crippen LogP) is 5.60. The van der Waals surface area contributed by atoms with Crippen LogP contribution < -0.4 is 10.1 Å². The molecule has 1 saturated heterocycles. The van der Waals surface area contributed by atoms with Crippen LogP contribution >= 0.6 is 11.6 Å². The van der Waals surface area contributed by atoms with Crippen LogP contribution in [0.4, 0.5) is 0 Å². The summed E-state index contributed by atoms with van der Waals surface area (Å²) in [4.78, 5) is 15.2. The number of methoxy groups -OCH3 is 1. The van der Waals surface area contributed by atoms with Crippen LogP contribution in [-0.2, 0) is 17.9 Å². The highest BCUT2D eigenvalue weighted by molar-refractivity contribution is 6.31. The van der Waals surface area contributed by atoms with Gasteiger partial charge in [-0.1, -0.05) is 60.1 Å². The fourth-order valence-electron chi connectivity index (χ4n) is 4.32. The van der Waals surface area contributed by atoms with E-state index in [1.54, 1.807) is 7.11 Å². The second-order valence-electron chi connectivity index (χ2n) is 8.32. The lowest BCUT2D eigenvalue weighted by Gasteiger charge is -2.24. The van der Waals surface area contributed by atoms with E-state index in [0.717, 1.165) is 59.0 Å². The largest absolute Gasteiger partial charge is 0.496 e. The molecule has 0 spiro atoms. The molecule has 1 atom stereocenters. The number of amides is 1. The summed E-state index contributed by atoms with van der Waals surface area (Å²) in [6.07, 6.45) is 1.91. The van der Waals surface area contributed by atoms with Gasteiger partial charge in [0.1, 0.15) is 5.75 Å². The van der Waals surface area contributed by atoms with Gasteiger partial charge in [-0.2, -0.15) is 0 Å². The Kier molecular flexibility index (Phi) is 7.13. The summed E-state index contributed by atoms with van der Waals surface area (Å²) in [6.45, 7) is 4.15. The molecule has 0 radical (unpaired) electrons. The fourth-order valence-corrected chi connectivity index (χ4v) is 4.50. The second-order valence-corrected chi connectivity index (χ2v) is 8.73. The number of ether oxygens (including phenoxy) is 1. The molecule has 166 valence electrons. The molecule has 1 amide bonds. The number of carbonyl (C=O) groups is 1. The number of likely N-dealkylation sites (tertiary alicyclic amines) is 1. The molecule has 0 saturated carbocycles. The molecule has 3 aromatic rings. The smallest absolute Gasteiger partial charge is 0.237 e. The Hall–Kier alpha value is -2.82. The maximum atomic E-state index is 13.0. The molecule has 0 bridgehead atoms. The van der Waals surface area contributed by atoms with Crippen molar-refractivity contribution in [2.45, 2.75) is 38.9 Å². The first kappa shape index (κ1) is 22.4. The zero-order valence-electron chi connectivity index (χ0n) is 18.6. The van der Waals surface area contributed by atoms with Crippen molar-refractivity contribution in [2.75, 3.05) is 13.7 Å². The molecule has 5 heteroatoms. The molecule has 4 nitrogen and oxygen atoms in total. The van der Waals surface area contributed by atoms with Crippen molar-refractivity contribution in [1.29, 1.82) is 0 Å². The minimum absolute atomic E-state index is 0.0786. The third-order valence-electron chi connectivity index (χ3n) is 6.13. The van der Waals surface area contributed by atoms with Crippen molar-refractivity contribution < 1.29 is 9.53 Å². The number of nitrogens with one attached hydrogen (secondary N) is 1. The molecule has 0 aliphatic carbocycles. The number of nitrogens with zero attached hydrogens (tertiary/aromatic N) is 1. The van der Waals surface area contributed by atoms with Crippen molar-refractivity contribution in [3.63, 3.8) is 0 Å². The Morgan fingerprint density at radius 2 is 1.91 bits per heavy atom. The average Bonchev–Trinajstić information content (AvgIpc) is 3.27. The van der Waals surface area contributed by atoms with Gasteiger partial charge < -0.3 is 10.1 Å². The lowest BCUT2D eigenvalue weighted by Crippen LogP contribution is -2.42. The second kappa shape index (κ2) is 10.2. The summed E-state index contributed by atoms with van der Waals surface area (Å²) in [6, 6.07) is 22.3. The minimum Gasteiger partial charge on any atom is -0.496 e. The van der Waals surface area contributed by atoms with Crippen LogP contribution in [0.15, 0.2) is 66.7 Å². The highest BCUT2D eigenvalue weighted by Crippen LogP contribution is 2.27. The van der Waals surface area contributed by atoms with E-state index < -0.39 is 0 Å². The zero-order chi connectivity index (χ0) is 22.5. The lowest BCUT2D eigenvalue weighted by molar-refractivity contribution is -0.125. The van der Waals surface area contributed by atoms with Gasteiger partial charge in [-0.05, 0) is 66.8 Å². The third-order valence-corrected chi connectivity index (χ3v) is 6.54. The number of hydrogen-bond donors (Lipinski definition) is 1. The van der Waals surface area contributed by atoms with Crippen LogP contribution in [0.5, 0.6) is 5.75 Å². The Balaban J connectivity index is 1.42. The molecular formula is C27H29ClN2O2. The molecule has 1 heterocycles. The number of rotatable bonds is 7. The van der Waals surface area contributed by atoms with Crippen LogP contribution in [0, 0.1) is 6.92 Å². The number of carbonyl (C=O) groups excluding carboxylic acids is 1. The monoisotopic (exact) mass is 448 g/mol. The summed E-state index contributed by atoms with van der Waals surface area (Å²) in [5.74, 6) is 0.874. The number of para-hydroxylation sites is 1. The summed E-state index contributed by atoms with van der Waals surface area (Å²) in [5.41, 5.74) is 5.50. The standard InChI is InChI=1S/C27H29ClN2O2/c1-19-12-13-22(16-24(19)28)21-9-5-7-20(15-21)18-30-14-6-10-25(30)27(31)29-17-23-8-3-4-11-26(23)32-2/h3-5,7-9,11-13,15-16,25H,6,10,14,17-18H2,1-2H3,(H,29,31). The van der Waals surface area contributed by atoms with E-state index in [1.807, 2.05) is 43.3 Å². The first-order valence-corrected chi connectivity index (χ1v) is 11.4. The SMILES string of the molecule is COc1ccccc1CNC(=O)C1CCCN1Cc1cccc(-c2ccc(C)c(Cl)c2)c1. The molecule has 4 rings (SSSR count). The van der Waals surface area contributed by atoms with Gasteiger partial charge in [0.25, 0.3) is 0 Å². The van der Waals surface area contributed by atoms with Gasteiger partial charge in [0.15, 0.2) is 0 Å². The van der Waals surface area contributed by atoms with E-state index in [0.29, 0.717) is 6.54 Å². The summed E-state index contributed by atoms with van der Waals surface area (Å²) in [5, 5.41) is 3.88. The maximum absolute atomic E-state index is 13.0. The number of halogens is 1. The van der Waals surface area contributed by atoms with E-state index in [4.69, 9.17) is 16.3 Å². The van der Waals surface area contributed by atoms with Crippen molar-refractivity contribution in [3.8, 4) is 16.9 Å². The van der Waals surface area contributed by atoms with Gasteiger partial charge in [0.2, 0.25) is 5.91 Å². The van der Waals surface area contributed by atoms with E-state index in [-0.39, 0.29) is 11.9 Å². The zero-order valence-corrected chi connectivity index (χ0v) is 19.4. The number of aryl methyl sites for hydroxylation is 1. The molecule has 0 aromatic heterocycles. The van der Waals surface area contributed by atoms with Crippen molar-refractivity contribution in [1.82, 2.24) is 10.2 Å². The van der Waals surface area contributed by atoms with Gasteiger partial charge in [0.05, 0.1) is 13.2 Å². The van der Waals surface area contributed by atoms with Crippen LogP contribution in [0.2, 0.25) is 5.02 Å². The summed E-state index contributed by atoms with van der Waals surface area (Å²) >= 11 is 6.33. The maximum Gasteiger partial charge on any atom is 0.237 e. The van der Waals surface area contributed by atoms with Crippen molar-refractivity contribution in [2.24, 2.45) is 0 Å². The normalized spacial score (nSPS) is 16.2. The molecule has 1 fully saturated rings. The first-order chi connectivity index (χ1) is 15.5. The first-order valence-electron chi connectivity index (χ1n) is 11.0. The van der Waals surface area contributed by atoms with E-state index in [2.05, 4.69) is 40.5 Å². The van der Waals surface area contributed by atoms with Crippen LogP contribution in [0.3, 0.4) is 0 Å². The molecule has 3 aromatic carbocycles. The lowest BCUT2D eigenvalue weighted by atomic mass is 10.0. The molecule has 1 aliphatic rings. The van der Waals surface area contributed by atoms with Crippen LogP contribution in [0.25, 0.3) is 11.1 Å². The highest BCUT2D eigenvalue weighted by atomic mass is 35.5. The van der Waals surface area contributed by atoms with Crippen molar-refractivity contribution >= 4 is 17.5 Å². The minimum atomic E-state index is -0.109. The Bertz CT molecular complexity index is 1100. The fraction of sp³-hybridized carbons (Fsp3) is 0.296. The Morgan fingerprint density at radius 1 is 1.09 bits per heavy atom. The van der Waals surface area contributed by atoms with Crippen molar-refractivity contribution in [3.05, 3.63) is 88.4 Å². The molecule has 1 aliphatic heterocycles. The van der Waals surface area contributed by atoms with Crippen LogP contribution in [0.1, 0.15) is 29.5 Å². The quantitative estimate of drug-likeness (QED) is 0.511. The Labute approximate surface area is 195 Å². The van der Waals surface area contributed by atoms with Gasteiger partial charge in [-0.3, -0.25) is 9.69 Å². The third kappa shape index (κ3) is 5.14. The van der Waals surface area contributed by atoms with Gasteiger partial charge in [-0.15, -0.1) is 0 Å². The molecular weight excluding hydrogens is 420 g/mol. The number of hydrogen-bond acceptors (Lipinski definition) is 3. The highest BCUT2D eigenvalue weighted by Gasteiger charge is 2.30. The van der Waals surface area contributed by atoms with Crippen LogP contribution in [-0.4, -0.2) is 30.5 Å². The molecule has 1 unspecified atom stereocenters. The number of benzene rings is 3. The van der Waals surface area contributed by atoms with Gasteiger partial charge in [-0.25, -0.2) is 0 Å². The summed E-state index contributed by atoms with van der Waals surface area (Å²) < 4.78 is 5.39. The molecule has 1 N–H and O–H groups in total. The predicted molar refractivity (Wildman–Crippen MR) is 130 cm³/mol. The Morgan fingerprint density at radius 3 is 2.72 bits per heavy atom. The summed E-state index contributed by atoms with van der Waals surface area (Å²) in [7, 11) is 1.65. The van der Waals surface area contributed by atoms with E-state index >= 15 is 0 Å². The van der Waals surface area contributed by atoms with E-state index in [1.165, 1.54) is 5.56 Å². The average molecular weight is 449 g/mol. The topological polar surface area (TPSA) is 41.6 Å².